The number of benzene rings is 2. The predicted molar refractivity (Wildman–Crippen MR) is 107 cm³/mol. The Hall–Kier alpha value is -2.29. The standard InChI is InChI=1S/C19H27N3O4S/c1-22(2)11-4-12-26-19-13-15(5-10-18(19)25-3)14-21-27(23,24)17-8-6-16(20)7-9-17/h5-10,13,21H,4,11-12,14,20H2,1-3H3. The lowest BCUT2D eigenvalue weighted by Gasteiger charge is -2.14. The highest BCUT2D eigenvalue weighted by Crippen LogP contribution is 2.28. The fraction of sp³-hybridized carbons (Fsp3) is 0.368. The van der Waals surface area contributed by atoms with Gasteiger partial charge in [0.1, 0.15) is 0 Å². The molecule has 0 saturated heterocycles. The van der Waals surface area contributed by atoms with Crippen LogP contribution in [0.2, 0.25) is 0 Å². The van der Waals surface area contributed by atoms with E-state index in [0.717, 1.165) is 18.5 Å². The average Bonchev–Trinajstić information content (AvgIpc) is 2.64. The van der Waals surface area contributed by atoms with Gasteiger partial charge in [0.2, 0.25) is 10.0 Å². The van der Waals surface area contributed by atoms with Crippen molar-refractivity contribution in [3.63, 3.8) is 0 Å². The number of ether oxygens (including phenoxy) is 2. The van der Waals surface area contributed by atoms with E-state index in [4.69, 9.17) is 15.2 Å². The molecule has 0 aliphatic heterocycles. The van der Waals surface area contributed by atoms with Crippen LogP contribution in [0.25, 0.3) is 0 Å². The minimum atomic E-state index is -3.62. The van der Waals surface area contributed by atoms with Crippen LogP contribution < -0.4 is 19.9 Å². The van der Waals surface area contributed by atoms with Gasteiger partial charge in [0, 0.05) is 18.8 Å². The molecule has 0 saturated carbocycles. The zero-order chi connectivity index (χ0) is 19.9. The highest BCUT2D eigenvalue weighted by molar-refractivity contribution is 7.89. The minimum absolute atomic E-state index is 0.144. The number of nitrogens with two attached hydrogens (primary N) is 1. The Morgan fingerprint density at radius 1 is 1.07 bits per heavy atom. The summed E-state index contributed by atoms with van der Waals surface area (Å²) in [6, 6.07) is 11.4. The summed E-state index contributed by atoms with van der Waals surface area (Å²) in [5.74, 6) is 1.21. The van der Waals surface area contributed by atoms with E-state index in [1.807, 2.05) is 14.1 Å². The minimum Gasteiger partial charge on any atom is -0.493 e. The molecule has 0 amide bonds. The maximum atomic E-state index is 12.4. The summed E-state index contributed by atoms with van der Waals surface area (Å²) >= 11 is 0. The monoisotopic (exact) mass is 393 g/mol. The van der Waals surface area contributed by atoms with Gasteiger partial charge in [-0.25, -0.2) is 13.1 Å². The van der Waals surface area contributed by atoms with Gasteiger partial charge in [-0.05, 0) is 62.5 Å². The van der Waals surface area contributed by atoms with Crippen molar-refractivity contribution < 1.29 is 17.9 Å². The molecule has 0 atom stereocenters. The molecule has 0 bridgehead atoms. The Bertz CT molecular complexity index is 837. The SMILES string of the molecule is COc1ccc(CNS(=O)(=O)c2ccc(N)cc2)cc1OCCCN(C)C. The number of hydrogen-bond donors (Lipinski definition) is 2. The molecule has 0 aliphatic rings. The Morgan fingerprint density at radius 3 is 2.41 bits per heavy atom. The van der Waals surface area contributed by atoms with Crippen LogP contribution in [0.5, 0.6) is 11.5 Å². The van der Waals surface area contributed by atoms with Crippen LogP contribution in [0.4, 0.5) is 5.69 Å². The fourth-order valence-corrected chi connectivity index (χ4v) is 3.43. The molecule has 0 unspecified atom stereocenters. The van der Waals surface area contributed by atoms with Gasteiger partial charge in [-0.2, -0.15) is 0 Å². The molecule has 2 aromatic rings. The molecule has 27 heavy (non-hydrogen) atoms. The van der Waals surface area contributed by atoms with Gasteiger partial charge in [-0.15, -0.1) is 0 Å². The lowest BCUT2D eigenvalue weighted by molar-refractivity contribution is 0.268. The second kappa shape index (κ2) is 9.59. The van der Waals surface area contributed by atoms with E-state index in [1.165, 1.54) is 12.1 Å². The van der Waals surface area contributed by atoms with Crippen molar-refractivity contribution in [3.8, 4) is 11.5 Å². The second-order valence-corrected chi connectivity index (χ2v) is 8.15. The van der Waals surface area contributed by atoms with Crippen molar-refractivity contribution in [2.24, 2.45) is 0 Å². The fourth-order valence-electron chi connectivity index (χ4n) is 2.42. The maximum Gasteiger partial charge on any atom is 0.240 e. The molecule has 0 fully saturated rings. The van der Waals surface area contributed by atoms with E-state index in [-0.39, 0.29) is 11.4 Å². The average molecular weight is 394 g/mol. The van der Waals surface area contributed by atoms with Gasteiger partial charge >= 0.3 is 0 Å². The molecular weight excluding hydrogens is 366 g/mol. The van der Waals surface area contributed by atoms with Crippen LogP contribution >= 0.6 is 0 Å². The van der Waals surface area contributed by atoms with Crippen molar-refractivity contribution in [2.75, 3.05) is 40.1 Å². The molecule has 0 aromatic heterocycles. The number of nitrogens with zero attached hydrogens (tertiary/aromatic N) is 1. The second-order valence-electron chi connectivity index (χ2n) is 6.38. The third-order valence-electron chi connectivity index (χ3n) is 3.89. The van der Waals surface area contributed by atoms with Crippen LogP contribution in [0.1, 0.15) is 12.0 Å². The van der Waals surface area contributed by atoms with Crippen molar-refractivity contribution in [3.05, 3.63) is 48.0 Å². The highest BCUT2D eigenvalue weighted by Gasteiger charge is 2.14. The third-order valence-corrected chi connectivity index (χ3v) is 5.31. The summed E-state index contributed by atoms with van der Waals surface area (Å²) < 4.78 is 38.5. The zero-order valence-corrected chi connectivity index (χ0v) is 16.8. The number of nitrogens with one attached hydrogen (secondary N) is 1. The molecule has 2 aromatic carbocycles. The van der Waals surface area contributed by atoms with Crippen molar-refractivity contribution in [2.45, 2.75) is 17.9 Å². The molecule has 2 rings (SSSR count). The van der Waals surface area contributed by atoms with E-state index >= 15 is 0 Å². The molecule has 3 N–H and O–H groups in total. The van der Waals surface area contributed by atoms with E-state index in [2.05, 4.69) is 9.62 Å². The van der Waals surface area contributed by atoms with E-state index in [0.29, 0.717) is 23.8 Å². The van der Waals surface area contributed by atoms with Crippen LogP contribution in [0.3, 0.4) is 0 Å². The molecule has 7 nitrogen and oxygen atoms in total. The Kier molecular flexibility index (Phi) is 7.46. The summed E-state index contributed by atoms with van der Waals surface area (Å²) in [5.41, 5.74) is 6.89. The van der Waals surface area contributed by atoms with Crippen LogP contribution in [0, 0.1) is 0 Å². The lowest BCUT2D eigenvalue weighted by atomic mass is 10.2. The van der Waals surface area contributed by atoms with Crippen molar-refractivity contribution >= 4 is 15.7 Å². The van der Waals surface area contributed by atoms with Gasteiger partial charge < -0.3 is 20.1 Å². The summed E-state index contributed by atoms with van der Waals surface area (Å²) in [4.78, 5) is 2.26. The van der Waals surface area contributed by atoms with Crippen molar-refractivity contribution in [1.29, 1.82) is 0 Å². The number of sulfonamides is 1. The number of rotatable bonds is 10. The quantitative estimate of drug-likeness (QED) is 0.474. The van der Waals surface area contributed by atoms with Crippen molar-refractivity contribution in [1.82, 2.24) is 9.62 Å². The Morgan fingerprint density at radius 2 is 1.78 bits per heavy atom. The molecule has 0 radical (unpaired) electrons. The lowest BCUT2D eigenvalue weighted by Crippen LogP contribution is -2.23. The summed E-state index contributed by atoms with van der Waals surface area (Å²) in [7, 11) is 1.97. The topological polar surface area (TPSA) is 93.9 Å². The number of hydrogen-bond acceptors (Lipinski definition) is 6. The van der Waals surface area contributed by atoms with E-state index in [9.17, 15) is 8.42 Å². The molecule has 0 spiro atoms. The smallest absolute Gasteiger partial charge is 0.240 e. The Labute approximate surface area is 161 Å². The first-order valence-corrected chi connectivity index (χ1v) is 10.1. The number of nitrogen functional groups attached to an aromatic ring is 1. The highest BCUT2D eigenvalue weighted by atomic mass is 32.2. The predicted octanol–water partition coefficient (Wildman–Crippen LogP) is 2.09. The molecule has 148 valence electrons. The van der Waals surface area contributed by atoms with E-state index < -0.39 is 10.0 Å². The molecule has 0 heterocycles. The number of methoxy groups -OCH3 is 1. The van der Waals surface area contributed by atoms with Gasteiger partial charge in [0.15, 0.2) is 11.5 Å². The first-order valence-electron chi connectivity index (χ1n) is 8.61. The van der Waals surface area contributed by atoms with Gasteiger partial charge in [-0.3, -0.25) is 0 Å². The molecular formula is C19H27N3O4S. The summed E-state index contributed by atoms with van der Waals surface area (Å²) in [6.45, 7) is 1.61. The summed E-state index contributed by atoms with van der Waals surface area (Å²) in [5, 5.41) is 0. The molecule has 0 aliphatic carbocycles. The first kappa shape index (κ1) is 21.0. The number of anilines is 1. The largest absolute Gasteiger partial charge is 0.493 e. The van der Waals surface area contributed by atoms with E-state index in [1.54, 1.807) is 37.4 Å². The van der Waals surface area contributed by atoms with Crippen LogP contribution in [0.15, 0.2) is 47.4 Å². The first-order chi connectivity index (χ1) is 12.8. The van der Waals surface area contributed by atoms with Gasteiger partial charge in [0.25, 0.3) is 0 Å². The summed E-state index contributed by atoms with van der Waals surface area (Å²) in [6.07, 6.45) is 0.879. The van der Waals surface area contributed by atoms with Crippen LogP contribution in [-0.2, 0) is 16.6 Å². The normalized spacial score (nSPS) is 11.6. The maximum absolute atomic E-state index is 12.4. The van der Waals surface area contributed by atoms with Gasteiger partial charge in [0.05, 0.1) is 18.6 Å². The van der Waals surface area contributed by atoms with Crippen LogP contribution in [-0.4, -0.2) is 47.7 Å². The molecule has 8 heteroatoms. The Balaban J connectivity index is 2.03. The third kappa shape index (κ3) is 6.42. The van der Waals surface area contributed by atoms with Gasteiger partial charge in [-0.1, -0.05) is 6.07 Å². The zero-order valence-electron chi connectivity index (χ0n) is 15.9.